The van der Waals surface area contributed by atoms with Crippen LogP contribution in [-0.4, -0.2) is 71.4 Å². The molecular weight excluding hydrogens is 366 g/mol. The first-order valence-electron chi connectivity index (χ1n) is 8.93. The number of nitrogens with zero attached hydrogens (tertiary/aromatic N) is 4. The fraction of sp³-hybridized carbons (Fsp3) is 0.444. The number of nitrogens with one attached hydrogen (secondary N) is 1. The van der Waals surface area contributed by atoms with Crippen molar-refractivity contribution in [1.82, 2.24) is 20.1 Å². The molecule has 1 unspecified atom stereocenters. The van der Waals surface area contributed by atoms with Gasteiger partial charge in [0, 0.05) is 39.6 Å². The number of rotatable bonds is 2. The average Bonchev–Trinajstić information content (AvgIpc) is 3.29. The van der Waals surface area contributed by atoms with Gasteiger partial charge >= 0.3 is 6.03 Å². The second kappa shape index (κ2) is 5.66. The lowest BCUT2D eigenvalue weighted by atomic mass is 9.88. The molecule has 4 amide bonds. The average molecular weight is 385 g/mol. The van der Waals surface area contributed by atoms with E-state index in [1.807, 2.05) is 24.3 Å². The summed E-state index contributed by atoms with van der Waals surface area (Å²) in [5.74, 6) is -0.417. The number of anilines is 1. The molecule has 3 fully saturated rings. The highest BCUT2D eigenvalue weighted by atomic mass is 32.1. The fourth-order valence-electron chi connectivity index (χ4n) is 4.13. The van der Waals surface area contributed by atoms with Crippen molar-refractivity contribution >= 4 is 44.5 Å². The third-order valence-electron chi connectivity index (χ3n) is 5.85. The normalized spacial score (nSPS) is 24.0. The van der Waals surface area contributed by atoms with E-state index in [0.717, 1.165) is 10.2 Å². The van der Waals surface area contributed by atoms with Crippen molar-refractivity contribution in [3.63, 3.8) is 0 Å². The van der Waals surface area contributed by atoms with E-state index in [4.69, 9.17) is 0 Å². The van der Waals surface area contributed by atoms with Crippen LogP contribution in [0.25, 0.3) is 10.2 Å². The summed E-state index contributed by atoms with van der Waals surface area (Å²) < 4.78 is 1.03. The zero-order valence-electron chi connectivity index (χ0n) is 14.8. The van der Waals surface area contributed by atoms with Crippen LogP contribution in [0, 0.1) is 5.92 Å². The number of carbonyl (C=O) groups is 3. The highest BCUT2D eigenvalue weighted by molar-refractivity contribution is 7.22. The number of amides is 4. The summed E-state index contributed by atoms with van der Waals surface area (Å²) in [4.78, 5) is 46.7. The lowest BCUT2D eigenvalue weighted by molar-refractivity contribution is -0.146. The molecule has 27 heavy (non-hydrogen) atoms. The lowest BCUT2D eigenvalue weighted by Crippen LogP contribution is -2.70. The van der Waals surface area contributed by atoms with Crippen LogP contribution in [0.3, 0.4) is 0 Å². The van der Waals surface area contributed by atoms with E-state index in [0.29, 0.717) is 31.3 Å². The number of hydrogen-bond acceptors (Lipinski definition) is 5. The van der Waals surface area contributed by atoms with Crippen LogP contribution in [0.15, 0.2) is 24.3 Å². The topological polar surface area (TPSA) is 85.8 Å². The van der Waals surface area contributed by atoms with E-state index in [2.05, 4.69) is 10.3 Å². The van der Waals surface area contributed by atoms with Gasteiger partial charge in [0.15, 0.2) is 5.13 Å². The summed E-state index contributed by atoms with van der Waals surface area (Å²) in [6, 6.07) is 7.67. The predicted molar refractivity (Wildman–Crippen MR) is 101 cm³/mol. The number of carbonyl (C=O) groups excluding carboxylic acids is 3. The Bertz CT molecular complexity index is 934. The number of hydrogen-bond donors (Lipinski definition) is 1. The van der Waals surface area contributed by atoms with Gasteiger partial charge in [0.05, 0.1) is 21.7 Å². The van der Waals surface area contributed by atoms with Gasteiger partial charge in [0.25, 0.3) is 0 Å². The number of para-hydroxylation sites is 1. The lowest BCUT2D eigenvalue weighted by Gasteiger charge is -2.51. The van der Waals surface area contributed by atoms with Gasteiger partial charge in [0.1, 0.15) is 0 Å². The summed E-state index contributed by atoms with van der Waals surface area (Å²) in [5.41, 5.74) is 0.577. The van der Waals surface area contributed by atoms with Gasteiger partial charge in [-0.15, -0.1) is 0 Å². The van der Waals surface area contributed by atoms with Gasteiger partial charge in [-0.25, -0.2) is 9.78 Å². The molecule has 0 bridgehead atoms. The molecular formula is C18H19N5O3S. The minimum absolute atomic E-state index is 0.00895. The largest absolute Gasteiger partial charge is 0.337 e. The number of fused-ring (bicyclic) bond motifs is 1. The van der Waals surface area contributed by atoms with Crippen LogP contribution in [0.2, 0.25) is 0 Å². The van der Waals surface area contributed by atoms with E-state index in [1.54, 1.807) is 21.7 Å². The third kappa shape index (κ3) is 2.41. The zero-order valence-corrected chi connectivity index (χ0v) is 15.7. The first kappa shape index (κ1) is 16.5. The summed E-state index contributed by atoms with van der Waals surface area (Å²) in [7, 11) is 1.76. The highest BCUT2D eigenvalue weighted by Crippen LogP contribution is 2.35. The van der Waals surface area contributed by atoms with Crippen LogP contribution < -0.4 is 10.2 Å². The van der Waals surface area contributed by atoms with Crippen molar-refractivity contribution in [2.24, 2.45) is 5.92 Å². The third-order valence-corrected chi connectivity index (χ3v) is 6.91. The molecule has 1 N–H and O–H groups in total. The Morgan fingerprint density at radius 3 is 2.78 bits per heavy atom. The van der Waals surface area contributed by atoms with E-state index < -0.39 is 0 Å². The SMILES string of the molecule is CN1C(=O)NCC12CN(C(=O)C1CC(=O)N(c3nc4ccccc4s3)C1)C2. The molecule has 1 atom stereocenters. The van der Waals surface area contributed by atoms with Crippen molar-refractivity contribution in [3.05, 3.63) is 24.3 Å². The molecule has 1 spiro atoms. The van der Waals surface area contributed by atoms with E-state index >= 15 is 0 Å². The molecule has 3 saturated heterocycles. The molecule has 1 aromatic carbocycles. The Hall–Kier alpha value is -2.68. The molecule has 8 nitrogen and oxygen atoms in total. The van der Waals surface area contributed by atoms with Crippen LogP contribution in [-0.2, 0) is 9.59 Å². The van der Waals surface area contributed by atoms with Gasteiger partial charge in [-0.3, -0.25) is 14.5 Å². The standard InChI is InChI=1S/C18H19N5O3S/c1-21-16(26)19-8-18(21)9-22(10-18)15(25)11-6-14(24)23(7-11)17-20-12-4-2-3-5-13(12)27-17/h2-5,11H,6-10H2,1H3,(H,19,26). The van der Waals surface area contributed by atoms with Gasteiger partial charge in [-0.2, -0.15) is 0 Å². The number of thiazole rings is 1. The van der Waals surface area contributed by atoms with Crippen LogP contribution in [0.4, 0.5) is 9.93 Å². The second-order valence-corrected chi connectivity index (χ2v) is 8.52. The van der Waals surface area contributed by atoms with Crippen molar-refractivity contribution in [2.75, 3.05) is 38.1 Å². The van der Waals surface area contributed by atoms with Gasteiger partial charge in [-0.05, 0) is 12.1 Å². The number of aromatic nitrogens is 1. The molecule has 5 rings (SSSR count). The first-order valence-corrected chi connectivity index (χ1v) is 9.75. The van der Waals surface area contributed by atoms with Crippen molar-refractivity contribution < 1.29 is 14.4 Å². The molecule has 4 heterocycles. The summed E-state index contributed by atoms with van der Waals surface area (Å²) in [5, 5.41) is 3.47. The molecule has 3 aliphatic heterocycles. The maximum absolute atomic E-state index is 12.9. The Morgan fingerprint density at radius 2 is 2.07 bits per heavy atom. The predicted octanol–water partition coefficient (Wildman–Crippen LogP) is 0.885. The van der Waals surface area contributed by atoms with E-state index in [9.17, 15) is 14.4 Å². The quantitative estimate of drug-likeness (QED) is 0.832. The maximum atomic E-state index is 12.9. The van der Waals surface area contributed by atoms with E-state index in [-0.39, 0.29) is 35.7 Å². The minimum Gasteiger partial charge on any atom is -0.337 e. The fourth-order valence-corrected chi connectivity index (χ4v) is 5.12. The molecule has 0 aliphatic carbocycles. The highest BCUT2D eigenvalue weighted by Gasteiger charge is 2.54. The molecule has 3 aliphatic rings. The Balaban J connectivity index is 1.28. The van der Waals surface area contributed by atoms with Crippen molar-refractivity contribution in [2.45, 2.75) is 12.0 Å². The summed E-state index contributed by atoms with van der Waals surface area (Å²) >= 11 is 1.47. The summed E-state index contributed by atoms with van der Waals surface area (Å²) in [6.45, 7) is 1.97. The zero-order chi connectivity index (χ0) is 18.8. The van der Waals surface area contributed by atoms with Crippen LogP contribution in [0.5, 0.6) is 0 Å². The van der Waals surface area contributed by atoms with E-state index in [1.165, 1.54) is 11.3 Å². The Morgan fingerprint density at radius 1 is 1.30 bits per heavy atom. The van der Waals surface area contributed by atoms with Crippen LogP contribution >= 0.6 is 11.3 Å². The molecule has 140 valence electrons. The Labute approximate surface area is 159 Å². The minimum atomic E-state index is -0.350. The number of benzene rings is 1. The molecule has 0 radical (unpaired) electrons. The van der Waals surface area contributed by atoms with Crippen molar-refractivity contribution in [1.29, 1.82) is 0 Å². The second-order valence-electron chi connectivity index (χ2n) is 7.51. The smallest absolute Gasteiger partial charge is 0.317 e. The Kier molecular flexibility index (Phi) is 3.45. The molecule has 2 aromatic rings. The van der Waals surface area contributed by atoms with Gasteiger partial charge < -0.3 is 15.1 Å². The number of likely N-dealkylation sites (tertiary alicyclic amines) is 1. The summed E-state index contributed by atoms with van der Waals surface area (Å²) in [6.07, 6.45) is 0.214. The first-order chi connectivity index (χ1) is 13.0. The number of urea groups is 1. The van der Waals surface area contributed by atoms with Gasteiger partial charge in [-0.1, -0.05) is 23.5 Å². The van der Waals surface area contributed by atoms with Gasteiger partial charge in [0.2, 0.25) is 11.8 Å². The molecule has 1 aromatic heterocycles. The van der Waals surface area contributed by atoms with Crippen LogP contribution in [0.1, 0.15) is 6.42 Å². The number of likely N-dealkylation sites (N-methyl/N-ethyl adjacent to an activating group) is 1. The molecule has 0 saturated carbocycles. The molecule has 9 heteroatoms. The monoisotopic (exact) mass is 385 g/mol. The maximum Gasteiger partial charge on any atom is 0.317 e. The van der Waals surface area contributed by atoms with Crippen molar-refractivity contribution in [3.8, 4) is 0 Å².